The van der Waals surface area contributed by atoms with Crippen molar-refractivity contribution < 1.29 is 4.74 Å². The molecule has 134 valence electrons. The molecule has 0 N–H and O–H groups in total. The molecule has 4 heteroatoms. The highest BCUT2D eigenvalue weighted by atomic mass is 35.5. The van der Waals surface area contributed by atoms with Gasteiger partial charge in [0.2, 0.25) is 0 Å². The lowest BCUT2D eigenvalue weighted by Gasteiger charge is -2.49. The Bertz CT molecular complexity index is 776. The Labute approximate surface area is 161 Å². The molecule has 0 aromatic heterocycles. The number of rotatable bonds is 4. The van der Waals surface area contributed by atoms with Gasteiger partial charge in [-0.1, -0.05) is 41.9 Å². The Kier molecular flexibility index (Phi) is 5.18. The van der Waals surface area contributed by atoms with E-state index in [0.717, 1.165) is 17.9 Å². The van der Waals surface area contributed by atoms with Crippen molar-refractivity contribution >= 4 is 24.0 Å². The molecule has 3 atom stereocenters. The lowest BCUT2D eigenvalue weighted by atomic mass is 9.61. The predicted molar refractivity (Wildman–Crippen MR) is 106 cm³/mol. The van der Waals surface area contributed by atoms with E-state index < -0.39 is 0 Å². The van der Waals surface area contributed by atoms with E-state index in [2.05, 4.69) is 62.3 Å². The summed E-state index contributed by atoms with van der Waals surface area (Å²) in [4.78, 5) is 2.21. The van der Waals surface area contributed by atoms with Crippen LogP contribution in [0.5, 0.6) is 0 Å². The lowest BCUT2D eigenvalue weighted by Crippen LogP contribution is -2.44. The largest absolute Gasteiger partial charge is 0.364 e. The summed E-state index contributed by atoms with van der Waals surface area (Å²) in [5.41, 5.74) is 5.10. The van der Waals surface area contributed by atoms with E-state index in [4.69, 9.17) is 16.3 Å². The fourth-order valence-electron chi connectivity index (χ4n) is 4.24. The second-order valence-electron chi connectivity index (χ2n) is 7.36. The molecule has 0 spiro atoms. The van der Waals surface area contributed by atoms with Crippen LogP contribution in [0.2, 0.25) is 5.02 Å². The van der Waals surface area contributed by atoms with E-state index in [1.54, 1.807) is 0 Å². The van der Waals surface area contributed by atoms with Crippen LogP contribution >= 0.6 is 24.0 Å². The maximum absolute atomic E-state index is 6.69. The molecule has 0 radical (unpaired) electrons. The van der Waals surface area contributed by atoms with Gasteiger partial charge in [0.25, 0.3) is 0 Å². The molecule has 0 heterocycles. The van der Waals surface area contributed by atoms with E-state index in [9.17, 15) is 0 Å². The van der Waals surface area contributed by atoms with Crippen LogP contribution in [0.25, 0.3) is 0 Å². The molecule has 0 amide bonds. The quantitative estimate of drug-likeness (QED) is 0.724. The third kappa shape index (κ3) is 2.90. The summed E-state index contributed by atoms with van der Waals surface area (Å²) >= 11 is 6.31. The number of benzene rings is 2. The van der Waals surface area contributed by atoms with Gasteiger partial charge < -0.3 is 9.64 Å². The second-order valence-corrected chi connectivity index (χ2v) is 7.80. The molecule has 3 aliphatic carbocycles. The lowest BCUT2D eigenvalue weighted by molar-refractivity contribution is -0.0567. The van der Waals surface area contributed by atoms with E-state index >= 15 is 0 Å². The second kappa shape index (κ2) is 6.92. The van der Waals surface area contributed by atoms with Crippen molar-refractivity contribution in [3.05, 3.63) is 69.7 Å². The molecule has 2 aromatic carbocycles. The summed E-state index contributed by atoms with van der Waals surface area (Å²) in [6, 6.07) is 15.5. The Morgan fingerprint density at radius 1 is 1.16 bits per heavy atom. The highest BCUT2D eigenvalue weighted by Gasteiger charge is 2.49. The molecule has 2 bridgehead atoms. The van der Waals surface area contributed by atoms with Crippen LogP contribution < -0.4 is 0 Å². The van der Waals surface area contributed by atoms with Gasteiger partial charge in [-0.25, -0.2) is 0 Å². The zero-order chi connectivity index (χ0) is 16.9. The van der Waals surface area contributed by atoms with Crippen molar-refractivity contribution in [1.82, 2.24) is 4.90 Å². The molecule has 0 aliphatic heterocycles. The minimum Gasteiger partial charge on any atom is -0.364 e. The van der Waals surface area contributed by atoms with Gasteiger partial charge in [-0.15, -0.1) is 12.4 Å². The minimum atomic E-state index is -0.324. The van der Waals surface area contributed by atoms with Crippen molar-refractivity contribution in [2.75, 3.05) is 20.7 Å². The molecule has 2 aromatic rings. The number of hydrogen-bond acceptors (Lipinski definition) is 2. The average molecular weight is 378 g/mol. The topological polar surface area (TPSA) is 12.5 Å². The van der Waals surface area contributed by atoms with Crippen molar-refractivity contribution in [1.29, 1.82) is 0 Å². The summed E-state index contributed by atoms with van der Waals surface area (Å²) in [6.07, 6.45) is 2.17. The first kappa shape index (κ1) is 18.7. The monoisotopic (exact) mass is 377 g/mol. The first-order valence-electron chi connectivity index (χ1n) is 8.72. The Morgan fingerprint density at radius 3 is 2.64 bits per heavy atom. The SMILES string of the molecule is CC(COC12CCC(c3ccccc31)c1cc(Cl)ccc12)N(C)C.Cl. The number of ether oxygens (including phenoxy) is 1. The van der Waals surface area contributed by atoms with Gasteiger partial charge in [-0.3, -0.25) is 0 Å². The van der Waals surface area contributed by atoms with Gasteiger partial charge in [0.05, 0.1) is 6.61 Å². The third-order valence-corrected chi connectivity index (χ3v) is 6.07. The molecule has 5 rings (SSSR count). The zero-order valence-corrected chi connectivity index (χ0v) is 16.5. The molecule has 0 fully saturated rings. The molecule has 2 nitrogen and oxygen atoms in total. The van der Waals surface area contributed by atoms with Gasteiger partial charge in [-0.05, 0) is 68.2 Å². The van der Waals surface area contributed by atoms with Crippen LogP contribution in [0.15, 0.2) is 42.5 Å². The number of hydrogen-bond donors (Lipinski definition) is 0. The maximum atomic E-state index is 6.69. The molecule has 3 unspecified atom stereocenters. The van der Waals surface area contributed by atoms with Gasteiger partial charge in [-0.2, -0.15) is 0 Å². The van der Waals surface area contributed by atoms with Crippen molar-refractivity contribution in [3.63, 3.8) is 0 Å². The van der Waals surface area contributed by atoms with Crippen LogP contribution in [0, 0.1) is 0 Å². The van der Waals surface area contributed by atoms with Gasteiger partial charge >= 0.3 is 0 Å². The van der Waals surface area contributed by atoms with E-state index in [1.165, 1.54) is 22.3 Å². The van der Waals surface area contributed by atoms with Crippen LogP contribution in [0.1, 0.15) is 47.9 Å². The Morgan fingerprint density at radius 2 is 1.88 bits per heavy atom. The number of nitrogens with zero attached hydrogens (tertiary/aromatic N) is 1. The zero-order valence-electron chi connectivity index (χ0n) is 15.0. The summed E-state index contributed by atoms with van der Waals surface area (Å²) < 4.78 is 6.69. The third-order valence-electron chi connectivity index (χ3n) is 5.83. The smallest absolute Gasteiger partial charge is 0.119 e. The molecule has 25 heavy (non-hydrogen) atoms. The van der Waals surface area contributed by atoms with Crippen LogP contribution in [-0.2, 0) is 10.3 Å². The van der Waals surface area contributed by atoms with Gasteiger partial charge in [0.1, 0.15) is 5.60 Å². The summed E-state index contributed by atoms with van der Waals surface area (Å²) in [7, 11) is 4.20. The molecule has 0 saturated carbocycles. The van der Waals surface area contributed by atoms with Crippen LogP contribution in [0.4, 0.5) is 0 Å². The standard InChI is InChI=1S/C21H24ClNO.ClH/c1-14(23(2)3)13-24-21-11-10-16(17-6-4-5-7-19(17)21)18-12-15(22)8-9-20(18)21;/h4-9,12,14,16H,10-11,13H2,1-3H3;1H. The Hall–Kier alpha value is -1.06. The molecular formula is C21H25Cl2NO. The number of halogens is 2. The highest BCUT2D eigenvalue weighted by molar-refractivity contribution is 6.30. The summed E-state index contributed by atoms with van der Waals surface area (Å²) in [5, 5.41) is 0.815. The van der Waals surface area contributed by atoms with Crippen LogP contribution in [-0.4, -0.2) is 31.6 Å². The fourth-order valence-corrected chi connectivity index (χ4v) is 4.42. The number of fused-ring (bicyclic) bond motifs is 1. The normalized spacial score (nSPS) is 24.4. The molecule has 0 saturated heterocycles. The predicted octanol–water partition coefficient (Wildman–Crippen LogP) is 5.21. The van der Waals surface area contributed by atoms with Crippen molar-refractivity contribution in [2.45, 2.75) is 37.3 Å². The average Bonchev–Trinajstić information content (AvgIpc) is 2.60. The Balaban J connectivity index is 0.00000182. The summed E-state index contributed by atoms with van der Waals surface area (Å²) in [5.74, 6) is 0.451. The van der Waals surface area contributed by atoms with Crippen molar-refractivity contribution in [2.24, 2.45) is 0 Å². The van der Waals surface area contributed by atoms with E-state index in [1.807, 2.05) is 6.07 Å². The van der Waals surface area contributed by atoms with Gasteiger partial charge in [0.15, 0.2) is 0 Å². The number of likely N-dealkylation sites (N-methyl/N-ethyl adjacent to an activating group) is 1. The highest BCUT2D eigenvalue weighted by Crippen LogP contribution is 2.57. The molecule has 3 aliphatic rings. The molecular weight excluding hydrogens is 353 g/mol. The summed E-state index contributed by atoms with van der Waals surface area (Å²) in [6.45, 7) is 2.92. The van der Waals surface area contributed by atoms with E-state index in [0.29, 0.717) is 18.6 Å². The fraction of sp³-hybridized carbons (Fsp3) is 0.429. The van der Waals surface area contributed by atoms with Gasteiger partial charge in [0, 0.05) is 17.0 Å². The first-order chi connectivity index (χ1) is 11.5. The van der Waals surface area contributed by atoms with Crippen LogP contribution in [0.3, 0.4) is 0 Å². The van der Waals surface area contributed by atoms with Crippen molar-refractivity contribution in [3.8, 4) is 0 Å². The minimum absolute atomic E-state index is 0. The van der Waals surface area contributed by atoms with E-state index in [-0.39, 0.29) is 18.0 Å². The maximum Gasteiger partial charge on any atom is 0.119 e. The first-order valence-corrected chi connectivity index (χ1v) is 9.10.